The van der Waals surface area contributed by atoms with Gasteiger partial charge in [0.1, 0.15) is 0 Å². The van der Waals surface area contributed by atoms with Gasteiger partial charge < -0.3 is 5.73 Å². The summed E-state index contributed by atoms with van der Waals surface area (Å²) in [4.78, 5) is 1.36. The molecule has 1 saturated carbocycles. The third-order valence-electron chi connectivity index (χ3n) is 3.03. The molecule has 0 bridgehead atoms. The first kappa shape index (κ1) is 9.91. The van der Waals surface area contributed by atoms with Gasteiger partial charge in [-0.15, -0.1) is 11.8 Å². The molecular weight excluding hydrogens is 190 g/mol. The lowest BCUT2D eigenvalue weighted by atomic mass is 9.87. The summed E-state index contributed by atoms with van der Waals surface area (Å²) in [6, 6.07) is 6.20. The van der Waals surface area contributed by atoms with Gasteiger partial charge in [0.2, 0.25) is 0 Å². The summed E-state index contributed by atoms with van der Waals surface area (Å²) in [5.41, 5.74) is 8.03. The normalized spacial score (nSPS) is 16.6. The monoisotopic (exact) mass is 207 g/mol. The Bertz CT molecular complexity index is 318. The molecule has 2 rings (SSSR count). The molecule has 0 saturated heterocycles. The van der Waals surface area contributed by atoms with Gasteiger partial charge in [-0.25, -0.2) is 0 Å². The van der Waals surface area contributed by atoms with Crippen LogP contribution in [0.5, 0.6) is 0 Å². The minimum absolute atomic E-state index is 0.920. The fourth-order valence-electron chi connectivity index (χ4n) is 1.65. The average molecular weight is 207 g/mol. The molecule has 0 radical (unpaired) electrons. The summed E-state index contributed by atoms with van der Waals surface area (Å²) in [5.74, 6) is 2.23. The Morgan fingerprint density at radius 2 is 2.21 bits per heavy atom. The molecule has 76 valence electrons. The van der Waals surface area contributed by atoms with Crippen molar-refractivity contribution in [2.75, 3.05) is 11.5 Å². The molecule has 0 aromatic heterocycles. The molecule has 2 heteroatoms. The maximum atomic E-state index is 5.86. The van der Waals surface area contributed by atoms with Crippen LogP contribution in [0.25, 0.3) is 0 Å². The van der Waals surface area contributed by atoms with Gasteiger partial charge in [0, 0.05) is 16.3 Å². The van der Waals surface area contributed by atoms with Crippen molar-refractivity contribution < 1.29 is 0 Å². The van der Waals surface area contributed by atoms with Crippen LogP contribution in [-0.4, -0.2) is 5.75 Å². The van der Waals surface area contributed by atoms with E-state index in [1.807, 2.05) is 23.9 Å². The van der Waals surface area contributed by atoms with Crippen LogP contribution in [0.15, 0.2) is 23.1 Å². The zero-order valence-corrected chi connectivity index (χ0v) is 9.44. The number of nitrogen functional groups attached to an aromatic ring is 1. The zero-order chi connectivity index (χ0) is 9.97. The number of thioether (sulfide) groups is 1. The summed E-state index contributed by atoms with van der Waals surface area (Å²) in [6.45, 7) is 2.11. The maximum Gasteiger partial charge on any atom is 0.0354 e. The van der Waals surface area contributed by atoms with Crippen molar-refractivity contribution in [1.29, 1.82) is 0 Å². The summed E-state index contributed by atoms with van der Waals surface area (Å²) >= 11 is 1.97. The Labute approximate surface area is 90.1 Å². The smallest absolute Gasteiger partial charge is 0.0354 e. The van der Waals surface area contributed by atoms with Gasteiger partial charge in [-0.05, 0) is 43.4 Å². The first-order chi connectivity index (χ1) is 6.77. The van der Waals surface area contributed by atoms with Gasteiger partial charge in [-0.2, -0.15) is 0 Å². The molecule has 1 aliphatic rings. The van der Waals surface area contributed by atoms with Gasteiger partial charge in [0.05, 0.1) is 0 Å². The minimum Gasteiger partial charge on any atom is -0.398 e. The molecule has 1 aliphatic carbocycles. The molecule has 0 atom stereocenters. The van der Waals surface area contributed by atoms with Crippen LogP contribution < -0.4 is 5.73 Å². The van der Waals surface area contributed by atoms with Crippen LogP contribution in [0.2, 0.25) is 0 Å². The van der Waals surface area contributed by atoms with Gasteiger partial charge in [-0.3, -0.25) is 0 Å². The molecular formula is C12H17NS. The fraction of sp³-hybridized carbons (Fsp3) is 0.500. The number of hydrogen-bond donors (Lipinski definition) is 1. The summed E-state index contributed by atoms with van der Waals surface area (Å²) in [6.07, 6.45) is 4.28. The van der Waals surface area contributed by atoms with Crippen LogP contribution in [0.1, 0.15) is 24.8 Å². The van der Waals surface area contributed by atoms with Crippen molar-refractivity contribution in [3.8, 4) is 0 Å². The van der Waals surface area contributed by atoms with Crippen LogP contribution in [0, 0.1) is 12.8 Å². The van der Waals surface area contributed by atoms with Gasteiger partial charge in [-0.1, -0.05) is 12.5 Å². The molecule has 14 heavy (non-hydrogen) atoms. The Balaban J connectivity index is 1.97. The van der Waals surface area contributed by atoms with Crippen molar-refractivity contribution in [2.24, 2.45) is 5.92 Å². The first-order valence-corrected chi connectivity index (χ1v) is 6.24. The molecule has 2 N–H and O–H groups in total. The van der Waals surface area contributed by atoms with Crippen molar-refractivity contribution in [1.82, 2.24) is 0 Å². The van der Waals surface area contributed by atoms with Gasteiger partial charge >= 0.3 is 0 Å². The van der Waals surface area contributed by atoms with Crippen molar-refractivity contribution in [3.05, 3.63) is 23.8 Å². The molecule has 0 unspecified atom stereocenters. The molecule has 0 heterocycles. The largest absolute Gasteiger partial charge is 0.398 e. The molecule has 0 spiro atoms. The topological polar surface area (TPSA) is 26.0 Å². The quantitative estimate of drug-likeness (QED) is 0.606. The number of anilines is 1. The second kappa shape index (κ2) is 4.26. The summed E-state index contributed by atoms with van der Waals surface area (Å²) < 4.78 is 0. The van der Waals surface area contributed by atoms with E-state index >= 15 is 0 Å². The molecule has 1 fully saturated rings. The molecule has 0 aliphatic heterocycles. The average Bonchev–Trinajstić information content (AvgIpc) is 2.09. The second-order valence-corrected chi connectivity index (χ2v) is 5.14. The van der Waals surface area contributed by atoms with Crippen molar-refractivity contribution in [2.45, 2.75) is 31.1 Å². The standard InChI is InChI=1S/C12H17NS/c1-9-11(13)6-3-7-12(9)14-8-10-4-2-5-10/h3,6-7,10H,2,4-5,8,13H2,1H3. The number of nitrogens with two attached hydrogens (primary N) is 1. The van der Waals surface area contributed by atoms with E-state index in [4.69, 9.17) is 5.73 Å². The molecule has 1 aromatic carbocycles. The second-order valence-electron chi connectivity index (χ2n) is 4.08. The lowest BCUT2D eigenvalue weighted by Gasteiger charge is -2.25. The Hall–Kier alpha value is -0.630. The van der Waals surface area contributed by atoms with Crippen LogP contribution in [-0.2, 0) is 0 Å². The highest BCUT2D eigenvalue weighted by molar-refractivity contribution is 7.99. The van der Waals surface area contributed by atoms with E-state index in [-0.39, 0.29) is 0 Å². The zero-order valence-electron chi connectivity index (χ0n) is 8.62. The minimum atomic E-state index is 0.920. The summed E-state index contributed by atoms with van der Waals surface area (Å²) in [7, 11) is 0. The number of benzene rings is 1. The summed E-state index contributed by atoms with van der Waals surface area (Å²) in [5, 5.41) is 0. The first-order valence-electron chi connectivity index (χ1n) is 5.25. The predicted octanol–water partition coefficient (Wildman–Crippen LogP) is 3.47. The Morgan fingerprint density at radius 1 is 1.43 bits per heavy atom. The number of rotatable bonds is 3. The lowest BCUT2D eigenvalue weighted by Crippen LogP contribution is -2.13. The van der Waals surface area contributed by atoms with E-state index in [0.29, 0.717) is 0 Å². The SMILES string of the molecule is Cc1c(N)cccc1SCC1CCC1. The highest BCUT2D eigenvalue weighted by Crippen LogP contribution is 2.34. The third kappa shape index (κ3) is 2.06. The van der Waals surface area contributed by atoms with E-state index in [1.54, 1.807) is 0 Å². The highest BCUT2D eigenvalue weighted by atomic mass is 32.2. The van der Waals surface area contributed by atoms with Gasteiger partial charge in [0.25, 0.3) is 0 Å². The van der Waals surface area contributed by atoms with Crippen LogP contribution in [0.4, 0.5) is 5.69 Å². The van der Waals surface area contributed by atoms with Crippen LogP contribution >= 0.6 is 11.8 Å². The predicted molar refractivity (Wildman–Crippen MR) is 63.7 cm³/mol. The van der Waals surface area contributed by atoms with Gasteiger partial charge in [0.15, 0.2) is 0 Å². The Morgan fingerprint density at radius 3 is 2.86 bits per heavy atom. The molecule has 1 nitrogen and oxygen atoms in total. The van der Waals surface area contributed by atoms with Crippen molar-refractivity contribution >= 4 is 17.4 Å². The molecule has 0 amide bonds. The van der Waals surface area contributed by atoms with Crippen LogP contribution in [0.3, 0.4) is 0 Å². The maximum absolute atomic E-state index is 5.86. The van der Waals surface area contributed by atoms with E-state index in [2.05, 4.69) is 13.0 Å². The fourth-order valence-corrected chi connectivity index (χ4v) is 2.91. The van der Waals surface area contributed by atoms with E-state index in [0.717, 1.165) is 11.6 Å². The Kier molecular flexibility index (Phi) is 3.02. The third-order valence-corrected chi connectivity index (χ3v) is 4.42. The van der Waals surface area contributed by atoms with Crippen molar-refractivity contribution in [3.63, 3.8) is 0 Å². The molecule has 1 aromatic rings. The van der Waals surface area contributed by atoms with E-state index in [9.17, 15) is 0 Å². The lowest BCUT2D eigenvalue weighted by molar-refractivity contribution is 0.353. The van der Waals surface area contributed by atoms with E-state index < -0.39 is 0 Å². The number of hydrogen-bond acceptors (Lipinski definition) is 2. The highest BCUT2D eigenvalue weighted by Gasteiger charge is 2.17. The van der Waals surface area contributed by atoms with E-state index in [1.165, 1.54) is 35.5 Å².